The van der Waals surface area contributed by atoms with Crippen LogP contribution in [0.2, 0.25) is 0 Å². The average molecular weight is 241 g/mol. The molecule has 0 bridgehead atoms. The summed E-state index contributed by atoms with van der Waals surface area (Å²) >= 11 is 1.99. The van der Waals surface area contributed by atoms with Crippen LogP contribution in [0.4, 0.5) is 5.69 Å². The maximum absolute atomic E-state index is 3.51. The van der Waals surface area contributed by atoms with Crippen LogP contribution < -0.4 is 5.32 Å². The van der Waals surface area contributed by atoms with Gasteiger partial charge in [-0.1, -0.05) is 42.5 Å². The molecule has 0 amide bonds. The Labute approximate surface area is 106 Å². The van der Waals surface area contributed by atoms with Crippen LogP contribution in [0.15, 0.2) is 59.5 Å². The molecule has 0 aromatic heterocycles. The summed E-state index contributed by atoms with van der Waals surface area (Å²) in [6.45, 7) is 1.05. The highest BCUT2D eigenvalue weighted by molar-refractivity contribution is 8.00. The van der Waals surface area contributed by atoms with Gasteiger partial charge in [-0.25, -0.2) is 0 Å². The lowest BCUT2D eigenvalue weighted by molar-refractivity contribution is 0.869. The smallest absolute Gasteiger partial charge is 0.0478 e. The van der Waals surface area contributed by atoms with Crippen LogP contribution in [-0.2, 0) is 6.42 Å². The van der Waals surface area contributed by atoms with Gasteiger partial charge in [-0.05, 0) is 24.1 Å². The second kappa shape index (κ2) is 4.84. The molecule has 0 aliphatic carbocycles. The van der Waals surface area contributed by atoms with Crippen LogP contribution in [0.1, 0.15) is 5.56 Å². The highest BCUT2D eigenvalue weighted by Crippen LogP contribution is 2.35. The third-order valence-electron chi connectivity index (χ3n) is 3.01. The minimum absolute atomic E-state index is 0.632. The lowest BCUT2D eigenvalue weighted by Gasteiger charge is -2.25. The Morgan fingerprint density at radius 2 is 1.76 bits per heavy atom. The number of fused-ring (bicyclic) bond motifs is 1. The second-order valence-electron chi connectivity index (χ2n) is 4.31. The molecule has 17 heavy (non-hydrogen) atoms. The normalized spacial score (nSPS) is 18.2. The molecule has 1 N–H and O–H groups in total. The number of thioether (sulfide) groups is 1. The van der Waals surface area contributed by atoms with Crippen molar-refractivity contribution < 1.29 is 0 Å². The van der Waals surface area contributed by atoms with Crippen molar-refractivity contribution in [1.82, 2.24) is 0 Å². The van der Waals surface area contributed by atoms with Crippen molar-refractivity contribution in [3.8, 4) is 0 Å². The van der Waals surface area contributed by atoms with Gasteiger partial charge in [-0.3, -0.25) is 0 Å². The monoisotopic (exact) mass is 241 g/mol. The van der Waals surface area contributed by atoms with Gasteiger partial charge in [-0.2, -0.15) is 0 Å². The molecule has 0 saturated carbocycles. The van der Waals surface area contributed by atoms with Crippen molar-refractivity contribution in [2.75, 3.05) is 11.9 Å². The molecular weight excluding hydrogens is 226 g/mol. The lowest BCUT2D eigenvalue weighted by Crippen LogP contribution is -2.23. The Morgan fingerprint density at radius 1 is 1.00 bits per heavy atom. The molecule has 2 heteroatoms. The van der Waals surface area contributed by atoms with Gasteiger partial charge in [0.15, 0.2) is 0 Å². The summed E-state index contributed by atoms with van der Waals surface area (Å²) in [6.07, 6.45) is 1.13. The molecule has 3 rings (SSSR count). The minimum Gasteiger partial charge on any atom is -0.383 e. The zero-order valence-electron chi connectivity index (χ0n) is 9.60. The fourth-order valence-corrected chi connectivity index (χ4v) is 3.38. The average Bonchev–Trinajstić information content (AvgIpc) is 2.40. The fraction of sp³-hybridized carbons (Fsp3) is 0.200. The van der Waals surface area contributed by atoms with E-state index in [1.54, 1.807) is 0 Å². The maximum Gasteiger partial charge on any atom is 0.0478 e. The first kappa shape index (κ1) is 10.7. The molecule has 1 atom stereocenters. The van der Waals surface area contributed by atoms with Crippen molar-refractivity contribution in [3.05, 3.63) is 60.2 Å². The largest absolute Gasteiger partial charge is 0.383 e. The highest BCUT2D eigenvalue weighted by atomic mass is 32.2. The summed E-state index contributed by atoms with van der Waals surface area (Å²) in [6, 6.07) is 19.3. The van der Waals surface area contributed by atoms with Gasteiger partial charge >= 0.3 is 0 Å². The Bertz CT molecular complexity index is 495. The first-order valence-corrected chi connectivity index (χ1v) is 6.83. The summed E-state index contributed by atoms with van der Waals surface area (Å²) in [5.74, 6) is 0. The molecule has 1 nitrogen and oxygen atoms in total. The Balaban J connectivity index is 1.72. The van der Waals surface area contributed by atoms with Crippen molar-refractivity contribution in [2.45, 2.75) is 16.6 Å². The standard InChI is InChI=1S/C15H15NS/c1-2-6-12(7-3-1)10-13-11-16-14-8-4-5-9-15(14)17-13/h1-9,13,16H,10-11H2/t13-/m1/s1. The Morgan fingerprint density at radius 3 is 2.65 bits per heavy atom. The predicted octanol–water partition coefficient (Wildman–Crippen LogP) is 3.82. The Hall–Kier alpha value is -1.41. The molecule has 0 spiro atoms. The fourth-order valence-electron chi connectivity index (χ4n) is 2.15. The van der Waals surface area contributed by atoms with Crippen molar-refractivity contribution in [3.63, 3.8) is 0 Å². The highest BCUT2D eigenvalue weighted by Gasteiger charge is 2.18. The molecule has 1 aliphatic rings. The van der Waals surface area contributed by atoms with Crippen LogP contribution in [0, 0.1) is 0 Å². The Kier molecular flexibility index (Phi) is 3.06. The molecule has 0 saturated heterocycles. The van der Waals surface area contributed by atoms with Crippen molar-refractivity contribution >= 4 is 17.4 Å². The van der Waals surface area contributed by atoms with E-state index in [4.69, 9.17) is 0 Å². The predicted molar refractivity (Wildman–Crippen MR) is 74.7 cm³/mol. The lowest BCUT2D eigenvalue weighted by atomic mass is 10.1. The van der Waals surface area contributed by atoms with Crippen LogP contribution in [0.3, 0.4) is 0 Å². The topological polar surface area (TPSA) is 12.0 Å². The maximum atomic E-state index is 3.51. The molecule has 0 unspecified atom stereocenters. The molecule has 2 aromatic carbocycles. The van der Waals surface area contributed by atoms with E-state index < -0.39 is 0 Å². The molecule has 0 radical (unpaired) electrons. The third-order valence-corrected chi connectivity index (χ3v) is 4.28. The summed E-state index contributed by atoms with van der Waals surface area (Å²) in [5, 5.41) is 4.14. The number of nitrogens with one attached hydrogen (secondary N) is 1. The third kappa shape index (κ3) is 2.47. The van der Waals surface area contributed by atoms with Crippen LogP contribution >= 0.6 is 11.8 Å². The van der Waals surface area contributed by atoms with Crippen LogP contribution in [0.5, 0.6) is 0 Å². The zero-order chi connectivity index (χ0) is 11.5. The van der Waals surface area contributed by atoms with Gasteiger partial charge < -0.3 is 5.32 Å². The second-order valence-corrected chi connectivity index (χ2v) is 5.65. The minimum atomic E-state index is 0.632. The van der Waals surface area contributed by atoms with Gasteiger partial charge in [0.05, 0.1) is 0 Å². The van der Waals surface area contributed by atoms with E-state index in [1.807, 2.05) is 11.8 Å². The molecule has 1 heterocycles. The van der Waals surface area contributed by atoms with Crippen molar-refractivity contribution in [2.24, 2.45) is 0 Å². The number of hydrogen-bond acceptors (Lipinski definition) is 2. The van der Waals surface area contributed by atoms with Crippen LogP contribution in [0.25, 0.3) is 0 Å². The first-order valence-electron chi connectivity index (χ1n) is 5.95. The molecule has 0 fully saturated rings. The summed E-state index contributed by atoms with van der Waals surface area (Å²) in [4.78, 5) is 1.37. The van der Waals surface area contributed by atoms with E-state index in [0.717, 1.165) is 13.0 Å². The van der Waals surface area contributed by atoms with Gasteiger partial charge in [0, 0.05) is 22.4 Å². The van der Waals surface area contributed by atoms with Gasteiger partial charge in [0.1, 0.15) is 0 Å². The SMILES string of the molecule is c1ccc(C[C@@H]2CNc3ccccc3S2)cc1. The molecular formula is C15H15NS. The quantitative estimate of drug-likeness (QED) is 0.858. The van der Waals surface area contributed by atoms with E-state index in [0.29, 0.717) is 5.25 Å². The number of benzene rings is 2. The summed E-state index contributed by atoms with van der Waals surface area (Å²) in [7, 11) is 0. The molecule has 1 aliphatic heterocycles. The van der Waals surface area contributed by atoms with E-state index >= 15 is 0 Å². The first-order chi connectivity index (χ1) is 8.42. The summed E-state index contributed by atoms with van der Waals surface area (Å²) in [5.41, 5.74) is 2.70. The number of anilines is 1. The van der Waals surface area contributed by atoms with Gasteiger partial charge in [0.25, 0.3) is 0 Å². The zero-order valence-corrected chi connectivity index (χ0v) is 10.4. The van der Waals surface area contributed by atoms with Gasteiger partial charge in [0.2, 0.25) is 0 Å². The van der Waals surface area contributed by atoms with E-state index in [1.165, 1.54) is 16.1 Å². The van der Waals surface area contributed by atoms with Gasteiger partial charge in [-0.15, -0.1) is 11.8 Å². The number of para-hydroxylation sites is 1. The number of hydrogen-bond donors (Lipinski definition) is 1. The van der Waals surface area contributed by atoms with E-state index in [2.05, 4.69) is 59.9 Å². The molecule has 86 valence electrons. The van der Waals surface area contributed by atoms with Crippen LogP contribution in [-0.4, -0.2) is 11.8 Å². The van der Waals surface area contributed by atoms with E-state index in [-0.39, 0.29) is 0 Å². The molecule has 2 aromatic rings. The van der Waals surface area contributed by atoms with Crippen molar-refractivity contribution in [1.29, 1.82) is 0 Å². The number of rotatable bonds is 2. The van der Waals surface area contributed by atoms with E-state index in [9.17, 15) is 0 Å². The summed E-state index contributed by atoms with van der Waals surface area (Å²) < 4.78 is 0.